The van der Waals surface area contributed by atoms with Crippen molar-refractivity contribution in [2.45, 2.75) is 13.0 Å². The molecule has 1 N–H and O–H groups in total. The molecule has 0 radical (unpaired) electrons. The number of carbonyl (C=O) groups excluding carboxylic acids is 1. The molecule has 1 aliphatic rings. The number of nitrogens with one attached hydrogen (secondary N) is 1. The Morgan fingerprint density at radius 2 is 2.39 bits per heavy atom. The molecule has 1 amide bonds. The van der Waals surface area contributed by atoms with Crippen molar-refractivity contribution in [3.05, 3.63) is 33.2 Å². The Morgan fingerprint density at radius 1 is 1.56 bits per heavy atom. The molecule has 1 aliphatic heterocycles. The van der Waals surface area contributed by atoms with Crippen molar-refractivity contribution >= 4 is 21.8 Å². The van der Waals surface area contributed by atoms with E-state index in [2.05, 4.69) is 21.2 Å². The average Bonchev–Trinajstić information content (AvgIpc) is 2.84. The Balaban J connectivity index is 1.86. The Hall–Kier alpha value is -1.14. The van der Waals surface area contributed by atoms with Gasteiger partial charge < -0.3 is 14.6 Å². The largest absolute Gasteiger partial charge is 0.381 e. The van der Waals surface area contributed by atoms with Gasteiger partial charge in [0, 0.05) is 35.8 Å². The van der Waals surface area contributed by atoms with Gasteiger partial charge >= 0.3 is 0 Å². The van der Waals surface area contributed by atoms with Crippen LogP contribution in [-0.4, -0.2) is 30.2 Å². The Bertz CT molecular complexity index is 480. The van der Waals surface area contributed by atoms with Crippen LogP contribution in [-0.2, 0) is 16.1 Å². The minimum atomic E-state index is -0.183. The van der Waals surface area contributed by atoms with Crippen molar-refractivity contribution in [3.63, 3.8) is 0 Å². The summed E-state index contributed by atoms with van der Waals surface area (Å²) in [6.45, 7) is 2.14. The van der Waals surface area contributed by atoms with Crippen LogP contribution in [0.4, 0.5) is 0 Å². The Kier molecular flexibility index (Phi) is 4.54. The third kappa shape index (κ3) is 3.68. The molecule has 98 valence electrons. The lowest BCUT2D eigenvalue weighted by atomic mass is 10.1. The summed E-state index contributed by atoms with van der Waals surface area (Å²) in [5, 5.41) is 2.83. The van der Waals surface area contributed by atoms with Crippen LogP contribution >= 0.6 is 15.9 Å². The van der Waals surface area contributed by atoms with Crippen molar-refractivity contribution in [1.82, 2.24) is 9.88 Å². The van der Waals surface area contributed by atoms with E-state index in [0.717, 1.165) is 17.5 Å². The van der Waals surface area contributed by atoms with E-state index < -0.39 is 0 Å². The van der Waals surface area contributed by atoms with Crippen LogP contribution in [0.15, 0.2) is 27.6 Å². The molecule has 18 heavy (non-hydrogen) atoms. The fourth-order valence-electron chi connectivity index (χ4n) is 1.84. The first-order chi connectivity index (χ1) is 8.65. The van der Waals surface area contributed by atoms with E-state index in [9.17, 15) is 9.59 Å². The number of carbonyl (C=O) groups is 1. The number of pyridine rings is 1. The van der Waals surface area contributed by atoms with Crippen molar-refractivity contribution in [2.24, 2.45) is 5.92 Å². The molecular weight excluding hydrogens is 300 g/mol. The fraction of sp³-hybridized carbons (Fsp3) is 0.500. The number of halogens is 1. The zero-order valence-corrected chi connectivity index (χ0v) is 11.5. The Labute approximate surface area is 113 Å². The number of amides is 1. The van der Waals surface area contributed by atoms with E-state index in [-0.39, 0.29) is 18.0 Å². The normalized spacial score (nSPS) is 18.8. The second-order valence-corrected chi connectivity index (χ2v) is 5.26. The van der Waals surface area contributed by atoms with Gasteiger partial charge in [-0.1, -0.05) is 0 Å². The fourth-order valence-corrected chi connectivity index (χ4v) is 2.22. The first-order valence-corrected chi connectivity index (χ1v) is 6.65. The zero-order valence-electron chi connectivity index (χ0n) is 9.89. The number of nitrogens with zero attached hydrogens (tertiary/aromatic N) is 1. The van der Waals surface area contributed by atoms with Gasteiger partial charge in [-0.2, -0.15) is 0 Å². The predicted molar refractivity (Wildman–Crippen MR) is 70.3 cm³/mol. The van der Waals surface area contributed by atoms with E-state index in [0.29, 0.717) is 19.1 Å². The number of hydrogen-bond acceptors (Lipinski definition) is 3. The summed E-state index contributed by atoms with van der Waals surface area (Å²) in [5.41, 5.74) is -0.183. The van der Waals surface area contributed by atoms with Gasteiger partial charge in [0.1, 0.15) is 6.54 Å². The summed E-state index contributed by atoms with van der Waals surface area (Å²) in [6.07, 6.45) is 2.59. The van der Waals surface area contributed by atoms with Crippen LogP contribution in [0, 0.1) is 5.92 Å². The van der Waals surface area contributed by atoms with Crippen LogP contribution < -0.4 is 10.9 Å². The molecule has 1 saturated heterocycles. The summed E-state index contributed by atoms with van der Waals surface area (Å²) in [4.78, 5) is 23.2. The Morgan fingerprint density at radius 3 is 3.11 bits per heavy atom. The van der Waals surface area contributed by atoms with Gasteiger partial charge in [-0.15, -0.1) is 0 Å². The molecule has 0 spiro atoms. The second-order valence-electron chi connectivity index (χ2n) is 4.35. The van der Waals surface area contributed by atoms with Gasteiger partial charge in [-0.25, -0.2) is 0 Å². The molecule has 0 aliphatic carbocycles. The molecule has 0 aromatic carbocycles. The van der Waals surface area contributed by atoms with Gasteiger partial charge in [-0.05, 0) is 28.4 Å². The number of aromatic nitrogens is 1. The van der Waals surface area contributed by atoms with Gasteiger partial charge in [0.15, 0.2) is 0 Å². The minimum absolute atomic E-state index is 0.0475. The van der Waals surface area contributed by atoms with E-state index >= 15 is 0 Å². The summed E-state index contributed by atoms with van der Waals surface area (Å²) in [6, 6.07) is 3.09. The van der Waals surface area contributed by atoms with E-state index in [1.807, 2.05) is 0 Å². The second kappa shape index (κ2) is 6.15. The molecule has 0 bridgehead atoms. The lowest BCUT2D eigenvalue weighted by Crippen LogP contribution is -2.34. The highest BCUT2D eigenvalue weighted by atomic mass is 79.9. The lowest BCUT2D eigenvalue weighted by Gasteiger charge is -2.10. The zero-order chi connectivity index (χ0) is 13.0. The number of rotatable bonds is 4. The van der Waals surface area contributed by atoms with E-state index in [1.54, 1.807) is 12.3 Å². The van der Waals surface area contributed by atoms with Crippen LogP contribution in [0.2, 0.25) is 0 Å². The molecule has 1 aromatic heterocycles. The summed E-state index contributed by atoms with van der Waals surface area (Å²) in [7, 11) is 0. The van der Waals surface area contributed by atoms with Crippen molar-refractivity contribution in [2.75, 3.05) is 19.8 Å². The molecular formula is C12H15BrN2O3. The summed E-state index contributed by atoms with van der Waals surface area (Å²) in [5.74, 6) is 0.246. The third-order valence-electron chi connectivity index (χ3n) is 2.87. The predicted octanol–water partition coefficient (Wildman–Crippen LogP) is 0.763. The highest BCUT2D eigenvalue weighted by molar-refractivity contribution is 9.10. The average molecular weight is 315 g/mol. The maximum atomic E-state index is 11.7. The van der Waals surface area contributed by atoms with Crippen LogP contribution in [0.25, 0.3) is 0 Å². The maximum Gasteiger partial charge on any atom is 0.251 e. The first-order valence-electron chi connectivity index (χ1n) is 5.85. The quantitative estimate of drug-likeness (QED) is 0.892. The minimum Gasteiger partial charge on any atom is -0.381 e. The van der Waals surface area contributed by atoms with Gasteiger partial charge in [0.2, 0.25) is 5.91 Å². The van der Waals surface area contributed by atoms with Crippen molar-refractivity contribution in [1.29, 1.82) is 0 Å². The summed E-state index contributed by atoms with van der Waals surface area (Å²) >= 11 is 3.27. The topological polar surface area (TPSA) is 60.3 Å². The van der Waals surface area contributed by atoms with Gasteiger partial charge in [0.05, 0.1) is 6.61 Å². The van der Waals surface area contributed by atoms with Gasteiger partial charge in [-0.3, -0.25) is 9.59 Å². The molecule has 5 nitrogen and oxygen atoms in total. The van der Waals surface area contributed by atoms with Crippen molar-refractivity contribution < 1.29 is 9.53 Å². The molecule has 0 unspecified atom stereocenters. The van der Waals surface area contributed by atoms with E-state index in [1.165, 1.54) is 10.6 Å². The molecule has 1 aromatic rings. The molecule has 1 fully saturated rings. The maximum absolute atomic E-state index is 11.7. The highest BCUT2D eigenvalue weighted by Gasteiger charge is 2.16. The third-order valence-corrected chi connectivity index (χ3v) is 3.34. The van der Waals surface area contributed by atoms with Gasteiger partial charge in [0.25, 0.3) is 5.56 Å². The highest BCUT2D eigenvalue weighted by Crippen LogP contribution is 2.10. The standard InChI is InChI=1S/C12H15BrN2O3/c13-10-1-2-12(17)15(6-10)7-11(16)14-5-9-3-4-18-8-9/h1-2,6,9H,3-5,7-8H2,(H,14,16)/t9-/m0/s1. The van der Waals surface area contributed by atoms with Crippen molar-refractivity contribution in [3.8, 4) is 0 Å². The molecule has 1 atom stereocenters. The number of hydrogen-bond donors (Lipinski definition) is 1. The first kappa shape index (κ1) is 13.3. The smallest absolute Gasteiger partial charge is 0.251 e. The number of ether oxygens (including phenoxy) is 1. The van der Waals surface area contributed by atoms with E-state index in [4.69, 9.17) is 4.74 Å². The van der Waals surface area contributed by atoms with Crippen LogP contribution in [0.3, 0.4) is 0 Å². The monoisotopic (exact) mass is 314 g/mol. The molecule has 2 rings (SSSR count). The van der Waals surface area contributed by atoms with Crippen LogP contribution in [0.1, 0.15) is 6.42 Å². The summed E-state index contributed by atoms with van der Waals surface area (Å²) < 4.78 is 7.39. The van der Waals surface area contributed by atoms with Crippen LogP contribution in [0.5, 0.6) is 0 Å². The molecule has 2 heterocycles. The molecule has 0 saturated carbocycles. The molecule has 6 heteroatoms. The lowest BCUT2D eigenvalue weighted by molar-refractivity contribution is -0.121. The SMILES string of the molecule is O=C(Cn1cc(Br)ccc1=O)NC[C@@H]1CCOC1.